The maximum Gasteiger partial charge on any atom is 0.251 e. The monoisotopic (exact) mass is 386 g/mol. The van der Waals surface area contributed by atoms with Crippen LogP contribution in [-0.4, -0.2) is 66.3 Å². The number of piperazine rings is 1. The third kappa shape index (κ3) is 5.03. The Morgan fingerprint density at radius 2 is 1.71 bits per heavy atom. The summed E-state index contributed by atoms with van der Waals surface area (Å²) in [6.45, 7) is 8.40. The molecule has 1 aromatic carbocycles. The van der Waals surface area contributed by atoms with E-state index >= 15 is 0 Å². The molecule has 0 bridgehead atoms. The highest BCUT2D eigenvalue weighted by Gasteiger charge is 2.35. The second kappa shape index (κ2) is 8.63. The molecule has 3 amide bonds. The van der Waals surface area contributed by atoms with E-state index in [-0.39, 0.29) is 36.2 Å². The lowest BCUT2D eigenvalue weighted by Crippen LogP contribution is -2.52. The van der Waals surface area contributed by atoms with Gasteiger partial charge in [-0.2, -0.15) is 0 Å². The van der Waals surface area contributed by atoms with Crippen LogP contribution in [0.4, 0.5) is 5.69 Å². The van der Waals surface area contributed by atoms with Gasteiger partial charge in [0.25, 0.3) is 5.91 Å². The van der Waals surface area contributed by atoms with Gasteiger partial charge in [0, 0.05) is 49.4 Å². The van der Waals surface area contributed by atoms with Crippen LogP contribution in [0.3, 0.4) is 0 Å². The molecule has 0 radical (unpaired) electrons. The van der Waals surface area contributed by atoms with Gasteiger partial charge in [-0.25, -0.2) is 0 Å². The lowest BCUT2D eigenvalue weighted by atomic mass is 10.1. The third-order valence-electron chi connectivity index (χ3n) is 5.21. The molecular weight excluding hydrogens is 356 g/mol. The molecule has 0 unspecified atom stereocenters. The van der Waals surface area contributed by atoms with Crippen molar-refractivity contribution < 1.29 is 14.4 Å². The van der Waals surface area contributed by atoms with Crippen molar-refractivity contribution in [1.82, 2.24) is 15.1 Å². The van der Waals surface area contributed by atoms with Crippen LogP contribution in [0.15, 0.2) is 18.2 Å². The van der Waals surface area contributed by atoms with Crippen LogP contribution in [-0.2, 0) is 9.59 Å². The number of aryl methyl sites for hydroxylation is 1. The minimum atomic E-state index is -0.0978. The zero-order valence-corrected chi connectivity index (χ0v) is 17.0. The standard InChI is InChI=1S/C21H30N4O3/c1-14(2)23-20(27)17-6-7-18(15(3)12-17)22-13-19(26)24-8-10-25(11-9-24)21(28)16-4-5-16/h6-7,12,14,16,22H,4-5,8-11,13H2,1-3H3,(H,23,27). The molecule has 1 aliphatic heterocycles. The second-order valence-corrected chi connectivity index (χ2v) is 7.99. The minimum absolute atomic E-state index is 0.0274. The van der Waals surface area contributed by atoms with Crippen molar-refractivity contribution in [3.05, 3.63) is 29.3 Å². The number of rotatable bonds is 6. The number of nitrogens with one attached hydrogen (secondary N) is 2. The number of anilines is 1. The largest absolute Gasteiger partial charge is 0.376 e. The van der Waals surface area contributed by atoms with Crippen molar-refractivity contribution in [3.63, 3.8) is 0 Å². The molecule has 0 atom stereocenters. The first kappa shape index (κ1) is 20.2. The molecule has 0 spiro atoms. The Morgan fingerprint density at radius 3 is 2.29 bits per heavy atom. The Balaban J connectivity index is 1.48. The number of carbonyl (C=O) groups excluding carboxylic acids is 3. The normalized spacial score (nSPS) is 16.9. The van der Waals surface area contributed by atoms with E-state index in [1.807, 2.05) is 42.7 Å². The van der Waals surface area contributed by atoms with Crippen LogP contribution in [0, 0.1) is 12.8 Å². The van der Waals surface area contributed by atoms with E-state index in [1.54, 1.807) is 6.07 Å². The summed E-state index contributed by atoms with van der Waals surface area (Å²) in [7, 11) is 0. The quantitative estimate of drug-likeness (QED) is 0.779. The molecule has 1 aromatic rings. The van der Waals surface area contributed by atoms with E-state index < -0.39 is 0 Å². The SMILES string of the molecule is Cc1cc(C(=O)NC(C)C)ccc1NCC(=O)N1CCN(C(=O)C2CC2)CC1. The predicted octanol–water partition coefficient (Wildman–Crippen LogP) is 1.63. The average molecular weight is 386 g/mol. The van der Waals surface area contributed by atoms with Gasteiger partial charge in [0.05, 0.1) is 6.54 Å². The molecule has 7 heteroatoms. The zero-order valence-electron chi connectivity index (χ0n) is 17.0. The fourth-order valence-electron chi connectivity index (χ4n) is 3.40. The molecule has 28 heavy (non-hydrogen) atoms. The molecule has 1 saturated carbocycles. The highest BCUT2D eigenvalue weighted by atomic mass is 16.2. The van der Waals surface area contributed by atoms with Gasteiger partial charge in [0.2, 0.25) is 11.8 Å². The second-order valence-electron chi connectivity index (χ2n) is 7.99. The summed E-state index contributed by atoms with van der Waals surface area (Å²) in [5.41, 5.74) is 2.38. The Bertz CT molecular complexity index is 750. The lowest BCUT2D eigenvalue weighted by molar-refractivity contribution is -0.139. The molecule has 3 rings (SSSR count). The van der Waals surface area contributed by atoms with E-state index in [9.17, 15) is 14.4 Å². The molecule has 1 aliphatic carbocycles. The Kier molecular flexibility index (Phi) is 6.21. The molecule has 1 heterocycles. The van der Waals surface area contributed by atoms with E-state index in [2.05, 4.69) is 10.6 Å². The van der Waals surface area contributed by atoms with E-state index in [0.29, 0.717) is 31.7 Å². The topological polar surface area (TPSA) is 81.8 Å². The lowest BCUT2D eigenvalue weighted by Gasteiger charge is -2.35. The maximum atomic E-state index is 12.5. The van der Waals surface area contributed by atoms with Crippen LogP contribution in [0.5, 0.6) is 0 Å². The van der Waals surface area contributed by atoms with Crippen molar-refractivity contribution in [2.75, 3.05) is 38.0 Å². The van der Waals surface area contributed by atoms with Crippen molar-refractivity contribution >= 4 is 23.4 Å². The number of amides is 3. The molecule has 0 aromatic heterocycles. The van der Waals surface area contributed by atoms with Crippen LogP contribution < -0.4 is 10.6 Å². The first-order valence-electron chi connectivity index (χ1n) is 10.1. The van der Waals surface area contributed by atoms with Crippen LogP contribution in [0.1, 0.15) is 42.6 Å². The van der Waals surface area contributed by atoms with E-state index in [1.165, 1.54) is 0 Å². The molecule has 152 valence electrons. The fourth-order valence-corrected chi connectivity index (χ4v) is 3.40. The van der Waals surface area contributed by atoms with Gasteiger partial charge in [-0.1, -0.05) is 0 Å². The van der Waals surface area contributed by atoms with Crippen molar-refractivity contribution in [2.24, 2.45) is 5.92 Å². The predicted molar refractivity (Wildman–Crippen MR) is 108 cm³/mol. The van der Waals surface area contributed by atoms with Crippen LogP contribution >= 0.6 is 0 Å². The summed E-state index contributed by atoms with van der Waals surface area (Å²) in [5, 5.41) is 6.05. The van der Waals surface area contributed by atoms with Gasteiger partial charge in [0.15, 0.2) is 0 Å². The first-order valence-corrected chi connectivity index (χ1v) is 10.1. The molecule has 2 N–H and O–H groups in total. The smallest absolute Gasteiger partial charge is 0.251 e. The van der Waals surface area contributed by atoms with Gasteiger partial charge in [-0.05, 0) is 57.4 Å². The van der Waals surface area contributed by atoms with Gasteiger partial charge < -0.3 is 20.4 Å². The molecule has 2 aliphatic rings. The highest BCUT2D eigenvalue weighted by molar-refractivity contribution is 5.95. The number of hydrogen-bond donors (Lipinski definition) is 2. The summed E-state index contributed by atoms with van der Waals surface area (Å²) in [6, 6.07) is 5.51. The van der Waals surface area contributed by atoms with Crippen molar-refractivity contribution in [3.8, 4) is 0 Å². The van der Waals surface area contributed by atoms with Crippen LogP contribution in [0.25, 0.3) is 0 Å². The summed E-state index contributed by atoms with van der Waals surface area (Å²) in [6.07, 6.45) is 2.03. The van der Waals surface area contributed by atoms with Crippen molar-refractivity contribution in [2.45, 2.75) is 39.7 Å². The van der Waals surface area contributed by atoms with Crippen molar-refractivity contribution in [1.29, 1.82) is 0 Å². The average Bonchev–Trinajstić information content (AvgIpc) is 3.51. The van der Waals surface area contributed by atoms with E-state index in [4.69, 9.17) is 0 Å². The number of benzene rings is 1. The maximum absolute atomic E-state index is 12.5. The third-order valence-corrected chi connectivity index (χ3v) is 5.21. The van der Waals surface area contributed by atoms with Gasteiger partial charge in [-0.15, -0.1) is 0 Å². The van der Waals surface area contributed by atoms with Crippen LogP contribution in [0.2, 0.25) is 0 Å². The zero-order chi connectivity index (χ0) is 20.3. The van der Waals surface area contributed by atoms with E-state index in [0.717, 1.165) is 24.1 Å². The number of carbonyl (C=O) groups is 3. The molecule has 7 nitrogen and oxygen atoms in total. The van der Waals surface area contributed by atoms with Gasteiger partial charge in [-0.3, -0.25) is 14.4 Å². The first-order chi connectivity index (χ1) is 13.3. The molecular formula is C21H30N4O3. The summed E-state index contributed by atoms with van der Waals surface area (Å²) in [5.74, 6) is 0.416. The number of hydrogen-bond acceptors (Lipinski definition) is 4. The highest BCUT2D eigenvalue weighted by Crippen LogP contribution is 2.31. The summed E-state index contributed by atoms with van der Waals surface area (Å²) >= 11 is 0. The summed E-state index contributed by atoms with van der Waals surface area (Å²) < 4.78 is 0. The van der Waals surface area contributed by atoms with Gasteiger partial charge >= 0.3 is 0 Å². The summed E-state index contributed by atoms with van der Waals surface area (Å²) in [4.78, 5) is 40.4. The Labute approximate surface area is 166 Å². The number of nitrogens with zero attached hydrogens (tertiary/aromatic N) is 2. The molecule has 2 fully saturated rings. The fraction of sp³-hybridized carbons (Fsp3) is 0.571. The Hall–Kier alpha value is -2.57. The van der Waals surface area contributed by atoms with Gasteiger partial charge in [0.1, 0.15) is 0 Å². The molecule has 1 saturated heterocycles. The Morgan fingerprint density at radius 1 is 1.07 bits per heavy atom. The minimum Gasteiger partial charge on any atom is -0.376 e.